The number of aromatic nitrogens is 1. The van der Waals surface area contributed by atoms with Gasteiger partial charge in [0, 0.05) is 18.9 Å². The van der Waals surface area contributed by atoms with E-state index in [2.05, 4.69) is 15.6 Å². The highest BCUT2D eigenvalue weighted by Crippen LogP contribution is 2.40. The van der Waals surface area contributed by atoms with Crippen LogP contribution in [0.5, 0.6) is 17.2 Å². The molecule has 0 aliphatic carbocycles. The summed E-state index contributed by atoms with van der Waals surface area (Å²) in [4.78, 5) is 29.7. The normalized spacial score (nSPS) is 12.8. The zero-order valence-electron chi connectivity index (χ0n) is 21.1. The number of rotatable bonds is 11. The Bertz CT molecular complexity index is 1240. The fourth-order valence-electron chi connectivity index (χ4n) is 3.49. The van der Waals surface area contributed by atoms with E-state index < -0.39 is 23.2 Å². The van der Waals surface area contributed by atoms with Gasteiger partial charge in [-0.15, -0.1) is 0 Å². The number of nitrogens with one attached hydrogen (secondary N) is 2. The third-order valence-electron chi connectivity index (χ3n) is 5.72. The van der Waals surface area contributed by atoms with Crippen LogP contribution in [0, 0.1) is 0 Å². The molecular weight excluding hydrogens is 519 g/mol. The van der Waals surface area contributed by atoms with Crippen LogP contribution in [0.2, 0.25) is 0 Å². The van der Waals surface area contributed by atoms with E-state index in [1.54, 1.807) is 49.1 Å². The maximum Gasteiger partial charge on any atom is 0.420 e. The number of hydrogen-bond donors (Lipinski definition) is 2. The van der Waals surface area contributed by atoms with Crippen LogP contribution in [0.3, 0.4) is 0 Å². The predicted octanol–water partition coefficient (Wildman–Crippen LogP) is 5.46. The molecule has 202 valence electrons. The SMILES string of the molecule is COc1ccc(Oc2ccc(CNC(=O)C(C)(CCSC)NC(=O)c3cccnc3)cc2)c(C(F)(F)F)c1. The molecule has 2 aromatic carbocycles. The quantitative estimate of drug-likeness (QED) is 0.332. The Morgan fingerprint density at radius 2 is 1.76 bits per heavy atom. The first-order chi connectivity index (χ1) is 18.1. The molecule has 3 aromatic rings. The Hall–Kier alpha value is -3.73. The second-order valence-electron chi connectivity index (χ2n) is 8.56. The van der Waals surface area contributed by atoms with E-state index in [9.17, 15) is 22.8 Å². The van der Waals surface area contributed by atoms with Crippen LogP contribution in [0.1, 0.15) is 34.8 Å². The molecule has 0 spiro atoms. The number of hydrogen-bond acceptors (Lipinski definition) is 6. The molecule has 3 rings (SSSR count). The molecule has 0 bridgehead atoms. The summed E-state index contributed by atoms with van der Waals surface area (Å²) in [5.74, 6) is -0.212. The molecule has 0 saturated carbocycles. The zero-order chi connectivity index (χ0) is 27.8. The van der Waals surface area contributed by atoms with Crippen molar-refractivity contribution in [2.75, 3.05) is 19.1 Å². The van der Waals surface area contributed by atoms with Crippen molar-refractivity contribution < 1.29 is 32.2 Å². The van der Waals surface area contributed by atoms with Gasteiger partial charge in [0.15, 0.2) is 0 Å². The van der Waals surface area contributed by atoms with Gasteiger partial charge in [0.2, 0.25) is 5.91 Å². The molecule has 2 N–H and O–H groups in total. The molecule has 1 aromatic heterocycles. The molecule has 0 radical (unpaired) electrons. The maximum absolute atomic E-state index is 13.5. The third-order valence-corrected chi connectivity index (χ3v) is 6.33. The Kier molecular flexibility index (Phi) is 9.62. The van der Waals surface area contributed by atoms with Crippen molar-refractivity contribution in [3.8, 4) is 17.2 Å². The van der Waals surface area contributed by atoms with Gasteiger partial charge >= 0.3 is 6.18 Å². The second kappa shape index (κ2) is 12.7. The predicted molar refractivity (Wildman–Crippen MR) is 139 cm³/mol. The summed E-state index contributed by atoms with van der Waals surface area (Å²) in [5.41, 5.74) is -1.08. The lowest BCUT2D eigenvalue weighted by Crippen LogP contribution is -2.57. The van der Waals surface area contributed by atoms with Crippen LogP contribution in [0.15, 0.2) is 67.0 Å². The molecule has 0 saturated heterocycles. The van der Waals surface area contributed by atoms with Crippen LogP contribution < -0.4 is 20.1 Å². The number of carbonyl (C=O) groups is 2. The molecule has 1 atom stereocenters. The Balaban J connectivity index is 1.67. The number of ether oxygens (including phenoxy) is 2. The highest BCUT2D eigenvalue weighted by atomic mass is 32.2. The number of carbonyl (C=O) groups excluding carboxylic acids is 2. The van der Waals surface area contributed by atoms with Crippen molar-refractivity contribution in [3.63, 3.8) is 0 Å². The van der Waals surface area contributed by atoms with Crippen molar-refractivity contribution >= 4 is 23.6 Å². The number of thioether (sulfide) groups is 1. The van der Waals surface area contributed by atoms with E-state index in [4.69, 9.17) is 9.47 Å². The van der Waals surface area contributed by atoms with Gasteiger partial charge < -0.3 is 20.1 Å². The zero-order valence-corrected chi connectivity index (χ0v) is 21.9. The van der Waals surface area contributed by atoms with Crippen molar-refractivity contribution in [2.45, 2.75) is 31.6 Å². The summed E-state index contributed by atoms with van der Waals surface area (Å²) in [7, 11) is 1.29. The second-order valence-corrected chi connectivity index (χ2v) is 9.54. The lowest BCUT2D eigenvalue weighted by atomic mass is 9.96. The lowest BCUT2D eigenvalue weighted by Gasteiger charge is -2.29. The first kappa shape index (κ1) is 28.8. The number of methoxy groups -OCH3 is 1. The van der Waals surface area contributed by atoms with Gasteiger partial charge in [0.25, 0.3) is 5.91 Å². The number of halogens is 3. The highest BCUT2D eigenvalue weighted by Gasteiger charge is 2.36. The first-order valence-corrected chi connectivity index (χ1v) is 13.0. The number of pyridine rings is 1. The first-order valence-electron chi connectivity index (χ1n) is 11.6. The van der Waals surface area contributed by atoms with Crippen LogP contribution in [0.4, 0.5) is 13.2 Å². The summed E-state index contributed by atoms with van der Waals surface area (Å²) in [6, 6.07) is 13.0. The van der Waals surface area contributed by atoms with Crippen molar-refractivity contribution in [1.82, 2.24) is 15.6 Å². The maximum atomic E-state index is 13.5. The topological polar surface area (TPSA) is 89.5 Å². The van der Waals surface area contributed by atoms with Gasteiger partial charge in [-0.2, -0.15) is 24.9 Å². The van der Waals surface area contributed by atoms with Gasteiger partial charge in [0.1, 0.15) is 28.4 Å². The summed E-state index contributed by atoms with van der Waals surface area (Å²) < 4.78 is 50.7. The van der Waals surface area contributed by atoms with Crippen LogP contribution >= 0.6 is 11.8 Å². The van der Waals surface area contributed by atoms with Gasteiger partial charge in [0.05, 0.1) is 12.7 Å². The highest BCUT2D eigenvalue weighted by molar-refractivity contribution is 7.98. The molecule has 1 heterocycles. The van der Waals surface area contributed by atoms with Gasteiger partial charge in [-0.1, -0.05) is 12.1 Å². The van der Waals surface area contributed by atoms with Crippen molar-refractivity contribution in [2.24, 2.45) is 0 Å². The fourth-order valence-corrected chi connectivity index (χ4v) is 4.10. The van der Waals surface area contributed by atoms with E-state index >= 15 is 0 Å². The monoisotopic (exact) mass is 547 g/mol. The molecule has 0 fully saturated rings. The molecule has 2 amide bonds. The van der Waals surface area contributed by atoms with Gasteiger partial charge in [-0.3, -0.25) is 14.6 Å². The standard InChI is InChI=1S/C27H28F3N3O4S/c1-26(12-14-38-3,33-24(34)19-5-4-13-31-17-19)25(35)32-16-18-6-8-20(9-7-18)37-23-11-10-21(36-2)15-22(23)27(28,29)30/h4-11,13,15,17H,12,14,16H2,1-3H3,(H,32,35)(H,33,34). The minimum Gasteiger partial charge on any atom is -0.497 e. The summed E-state index contributed by atoms with van der Waals surface area (Å²) in [6.07, 6.45) is 0.675. The largest absolute Gasteiger partial charge is 0.497 e. The number of benzene rings is 2. The van der Waals surface area contributed by atoms with E-state index in [1.165, 1.54) is 37.6 Å². The average Bonchev–Trinajstić information content (AvgIpc) is 2.91. The fraction of sp³-hybridized carbons (Fsp3) is 0.296. The molecule has 7 nitrogen and oxygen atoms in total. The van der Waals surface area contributed by atoms with Crippen LogP contribution in [-0.2, 0) is 17.5 Å². The number of amides is 2. The molecule has 0 aliphatic heterocycles. The van der Waals surface area contributed by atoms with E-state index in [1.807, 2.05) is 6.26 Å². The molecule has 38 heavy (non-hydrogen) atoms. The van der Waals surface area contributed by atoms with Crippen LogP contribution in [0.25, 0.3) is 0 Å². The average molecular weight is 548 g/mol. The minimum absolute atomic E-state index is 0.0666. The Morgan fingerprint density at radius 1 is 1.05 bits per heavy atom. The third kappa shape index (κ3) is 7.64. The molecule has 0 aliphatic rings. The Morgan fingerprint density at radius 3 is 2.37 bits per heavy atom. The van der Waals surface area contributed by atoms with Crippen LogP contribution in [-0.4, -0.2) is 41.5 Å². The lowest BCUT2D eigenvalue weighted by molar-refractivity contribution is -0.138. The van der Waals surface area contributed by atoms with Crippen molar-refractivity contribution in [1.29, 1.82) is 0 Å². The van der Waals surface area contributed by atoms with E-state index in [0.29, 0.717) is 23.3 Å². The number of alkyl halides is 3. The van der Waals surface area contributed by atoms with Gasteiger partial charge in [-0.05, 0) is 73.4 Å². The molecule has 1 unspecified atom stereocenters. The van der Waals surface area contributed by atoms with Crippen molar-refractivity contribution in [3.05, 3.63) is 83.7 Å². The number of nitrogens with zero attached hydrogens (tertiary/aromatic N) is 1. The minimum atomic E-state index is -4.62. The van der Waals surface area contributed by atoms with E-state index in [-0.39, 0.29) is 29.7 Å². The molecular formula is C27H28F3N3O4S. The van der Waals surface area contributed by atoms with E-state index in [0.717, 1.165) is 6.07 Å². The Labute approximate surface area is 223 Å². The smallest absolute Gasteiger partial charge is 0.420 e. The van der Waals surface area contributed by atoms with Gasteiger partial charge in [-0.25, -0.2) is 0 Å². The summed E-state index contributed by atoms with van der Waals surface area (Å²) >= 11 is 1.56. The summed E-state index contributed by atoms with van der Waals surface area (Å²) in [5, 5.41) is 5.65. The molecule has 11 heteroatoms. The summed E-state index contributed by atoms with van der Waals surface area (Å²) in [6.45, 7) is 1.81.